The molecule has 1 amide bonds. The summed E-state index contributed by atoms with van der Waals surface area (Å²) in [6, 6.07) is 7.69. The number of nitrogens with one attached hydrogen (secondary N) is 2. The lowest BCUT2D eigenvalue weighted by Crippen LogP contribution is -2.42. The Morgan fingerprint density at radius 3 is 2.89 bits per heavy atom. The number of amides is 1. The van der Waals surface area contributed by atoms with Crippen LogP contribution in [0.5, 0.6) is 11.5 Å². The number of carbonyl (C=O) groups excluding carboxylic acids is 1. The molecule has 28 heavy (non-hydrogen) atoms. The predicted octanol–water partition coefficient (Wildman–Crippen LogP) is 2.98. The first-order valence-electron chi connectivity index (χ1n) is 9.39. The van der Waals surface area contributed by atoms with Crippen LogP contribution in [-0.4, -0.2) is 53.5 Å². The second-order valence-corrected chi connectivity index (χ2v) is 6.56. The number of benzene rings is 1. The van der Waals surface area contributed by atoms with Gasteiger partial charge in [-0.15, -0.1) is 0 Å². The van der Waals surface area contributed by atoms with E-state index in [9.17, 15) is 4.79 Å². The Labute approximate surface area is 163 Å². The Kier molecular flexibility index (Phi) is 5.31. The summed E-state index contributed by atoms with van der Waals surface area (Å²) in [5.41, 5.74) is 0.823. The molecule has 1 aromatic heterocycles. The average Bonchev–Trinajstić information content (AvgIpc) is 3.17. The van der Waals surface area contributed by atoms with E-state index in [2.05, 4.69) is 20.6 Å². The fourth-order valence-electron chi connectivity index (χ4n) is 3.23. The van der Waals surface area contributed by atoms with Crippen molar-refractivity contribution in [3.05, 3.63) is 30.5 Å². The number of likely N-dealkylation sites (tertiary alicyclic amines) is 1. The maximum absolute atomic E-state index is 11.8. The van der Waals surface area contributed by atoms with Crippen LogP contribution in [0.3, 0.4) is 0 Å². The summed E-state index contributed by atoms with van der Waals surface area (Å²) in [6.45, 7) is 3.80. The van der Waals surface area contributed by atoms with Crippen LogP contribution in [0.25, 0.3) is 0 Å². The van der Waals surface area contributed by atoms with Gasteiger partial charge in [0, 0.05) is 37.1 Å². The second kappa shape index (κ2) is 8.20. The van der Waals surface area contributed by atoms with Gasteiger partial charge in [-0.3, -0.25) is 0 Å². The molecule has 0 spiro atoms. The molecule has 9 heteroatoms. The molecule has 2 aromatic rings. The molecule has 4 rings (SSSR count). The highest BCUT2D eigenvalue weighted by Gasteiger charge is 2.23. The standard InChI is InChI=1S/C19H23N5O4/c1-2-26-19(25)24-9-6-13(7-10-24)21-17-5-8-20-18(23-17)22-14-3-4-15-16(11-14)28-12-27-15/h3-5,8,11,13H,2,6-7,9-10,12H2,1H3,(H2,20,21,22,23). The minimum Gasteiger partial charge on any atom is -0.454 e. The van der Waals surface area contributed by atoms with E-state index in [1.54, 1.807) is 11.1 Å². The summed E-state index contributed by atoms with van der Waals surface area (Å²) in [4.78, 5) is 22.3. The number of nitrogens with zero attached hydrogens (tertiary/aromatic N) is 3. The molecule has 2 N–H and O–H groups in total. The van der Waals surface area contributed by atoms with Crippen molar-refractivity contribution in [2.45, 2.75) is 25.8 Å². The Balaban J connectivity index is 1.34. The molecule has 1 saturated heterocycles. The fraction of sp³-hybridized carbons (Fsp3) is 0.421. The van der Waals surface area contributed by atoms with E-state index in [-0.39, 0.29) is 18.9 Å². The monoisotopic (exact) mass is 385 g/mol. The van der Waals surface area contributed by atoms with Crippen molar-refractivity contribution in [1.82, 2.24) is 14.9 Å². The predicted molar refractivity (Wildman–Crippen MR) is 103 cm³/mol. The van der Waals surface area contributed by atoms with E-state index in [4.69, 9.17) is 14.2 Å². The number of carbonyl (C=O) groups is 1. The number of hydrogen-bond acceptors (Lipinski definition) is 8. The third kappa shape index (κ3) is 4.19. The summed E-state index contributed by atoms with van der Waals surface area (Å²) in [5.74, 6) is 2.67. The van der Waals surface area contributed by atoms with Crippen molar-refractivity contribution in [3.8, 4) is 11.5 Å². The van der Waals surface area contributed by atoms with Gasteiger partial charge in [-0.2, -0.15) is 4.98 Å². The van der Waals surface area contributed by atoms with Crippen LogP contribution < -0.4 is 20.1 Å². The quantitative estimate of drug-likeness (QED) is 0.811. The van der Waals surface area contributed by atoms with Crippen molar-refractivity contribution in [2.24, 2.45) is 0 Å². The van der Waals surface area contributed by atoms with Crippen LogP contribution >= 0.6 is 0 Å². The topological polar surface area (TPSA) is 97.8 Å². The van der Waals surface area contributed by atoms with Gasteiger partial charge in [-0.1, -0.05) is 0 Å². The van der Waals surface area contributed by atoms with Crippen LogP contribution in [0.4, 0.5) is 22.2 Å². The molecule has 3 heterocycles. The van der Waals surface area contributed by atoms with Gasteiger partial charge in [0.2, 0.25) is 12.7 Å². The summed E-state index contributed by atoms with van der Waals surface area (Å²) < 4.78 is 15.8. The lowest BCUT2D eigenvalue weighted by Gasteiger charge is -2.31. The molecule has 2 aliphatic heterocycles. The van der Waals surface area contributed by atoms with Gasteiger partial charge in [0.25, 0.3) is 0 Å². The highest BCUT2D eigenvalue weighted by Crippen LogP contribution is 2.34. The Morgan fingerprint density at radius 1 is 1.25 bits per heavy atom. The largest absolute Gasteiger partial charge is 0.454 e. The fourth-order valence-corrected chi connectivity index (χ4v) is 3.23. The van der Waals surface area contributed by atoms with E-state index >= 15 is 0 Å². The zero-order chi connectivity index (χ0) is 19.3. The van der Waals surface area contributed by atoms with Crippen LogP contribution in [0.1, 0.15) is 19.8 Å². The minimum atomic E-state index is -0.238. The first-order chi connectivity index (χ1) is 13.7. The summed E-state index contributed by atoms with van der Waals surface area (Å²) >= 11 is 0. The van der Waals surface area contributed by atoms with E-state index in [1.807, 2.05) is 31.2 Å². The number of piperidine rings is 1. The molecule has 2 aliphatic rings. The van der Waals surface area contributed by atoms with Gasteiger partial charge in [-0.05, 0) is 38.0 Å². The normalized spacial score (nSPS) is 16.0. The van der Waals surface area contributed by atoms with Crippen LogP contribution in [-0.2, 0) is 4.74 Å². The van der Waals surface area contributed by atoms with Gasteiger partial charge >= 0.3 is 6.09 Å². The number of ether oxygens (including phenoxy) is 3. The van der Waals surface area contributed by atoms with Crippen molar-refractivity contribution in [2.75, 3.05) is 37.1 Å². The minimum absolute atomic E-state index is 0.238. The molecule has 148 valence electrons. The van der Waals surface area contributed by atoms with Crippen LogP contribution in [0.15, 0.2) is 30.5 Å². The maximum atomic E-state index is 11.8. The molecule has 0 unspecified atom stereocenters. The molecule has 9 nitrogen and oxygen atoms in total. The zero-order valence-corrected chi connectivity index (χ0v) is 15.7. The molecule has 1 aromatic carbocycles. The van der Waals surface area contributed by atoms with Crippen LogP contribution in [0.2, 0.25) is 0 Å². The number of hydrogen-bond donors (Lipinski definition) is 2. The average molecular weight is 385 g/mol. The van der Waals surface area contributed by atoms with Gasteiger partial charge < -0.3 is 29.7 Å². The number of fused-ring (bicyclic) bond motifs is 1. The van der Waals surface area contributed by atoms with E-state index in [0.717, 1.165) is 30.1 Å². The molecule has 0 radical (unpaired) electrons. The van der Waals surface area contributed by atoms with Crippen molar-refractivity contribution in [3.63, 3.8) is 0 Å². The summed E-state index contributed by atoms with van der Waals surface area (Å²) in [5, 5.41) is 6.61. The first-order valence-corrected chi connectivity index (χ1v) is 9.39. The first kappa shape index (κ1) is 18.1. The number of rotatable bonds is 5. The van der Waals surface area contributed by atoms with Crippen molar-refractivity contribution in [1.29, 1.82) is 0 Å². The maximum Gasteiger partial charge on any atom is 0.409 e. The summed E-state index contributed by atoms with van der Waals surface area (Å²) in [6.07, 6.45) is 3.15. The Bertz CT molecular complexity index is 839. The van der Waals surface area contributed by atoms with Crippen LogP contribution in [0, 0.1) is 0 Å². The third-order valence-corrected chi connectivity index (χ3v) is 4.66. The number of anilines is 3. The van der Waals surface area contributed by atoms with Crippen molar-refractivity contribution >= 4 is 23.5 Å². The second-order valence-electron chi connectivity index (χ2n) is 6.56. The smallest absolute Gasteiger partial charge is 0.409 e. The molecule has 0 saturated carbocycles. The Morgan fingerprint density at radius 2 is 2.07 bits per heavy atom. The molecule has 1 fully saturated rings. The molecular weight excluding hydrogens is 362 g/mol. The molecule has 0 aliphatic carbocycles. The SMILES string of the molecule is CCOC(=O)N1CCC(Nc2ccnc(Nc3ccc4c(c3)OCO4)n2)CC1. The number of aromatic nitrogens is 2. The van der Waals surface area contributed by atoms with Gasteiger partial charge in [0.1, 0.15) is 5.82 Å². The Hall–Kier alpha value is -3.23. The van der Waals surface area contributed by atoms with Gasteiger partial charge in [0.05, 0.1) is 6.61 Å². The van der Waals surface area contributed by atoms with Crippen molar-refractivity contribution < 1.29 is 19.0 Å². The lowest BCUT2D eigenvalue weighted by molar-refractivity contribution is 0.0983. The summed E-state index contributed by atoms with van der Waals surface area (Å²) in [7, 11) is 0. The van der Waals surface area contributed by atoms with E-state index < -0.39 is 0 Å². The lowest BCUT2D eigenvalue weighted by atomic mass is 10.1. The van der Waals surface area contributed by atoms with Gasteiger partial charge in [0.15, 0.2) is 11.5 Å². The van der Waals surface area contributed by atoms with E-state index in [1.165, 1.54) is 0 Å². The highest BCUT2D eigenvalue weighted by atomic mass is 16.7. The molecule has 0 atom stereocenters. The van der Waals surface area contributed by atoms with E-state index in [0.29, 0.717) is 31.4 Å². The highest BCUT2D eigenvalue weighted by molar-refractivity contribution is 5.67. The van der Waals surface area contributed by atoms with Gasteiger partial charge in [-0.25, -0.2) is 9.78 Å². The molecular formula is C19H23N5O4. The zero-order valence-electron chi connectivity index (χ0n) is 15.7. The molecule has 0 bridgehead atoms. The third-order valence-electron chi connectivity index (χ3n) is 4.66.